The van der Waals surface area contributed by atoms with Crippen molar-refractivity contribution in [2.75, 3.05) is 6.61 Å². The number of nitro groups is 1. The number of ether oxygens (including phenoxy) is 2. The van der Waals surface area contributed by atoms with Crippen LogP contribution in [0.3, 0.4) is 0 Å². The van der Waals surface area contributed by atoms with Gasteiger partial charge in [0.1, 0.15) is 6.26 Å². The first-order chi connectivity index (χ1) is 10.0. The standard InChI is InChI=1S/C12H9ClN2O6/c1-2-19-11(16)8-6-20-12(14-8)21-10-5-7(13)3-4-9(10)15(17)18/h3-6H,2H2,1H3. The lowest BCUT2D eigenvalue weighted by Crippen LogP contribution is -2.04. The number of carbonyl (C=O) groups excluding carboxylic acids is 1. The number of carbonyl (C=O) groups is 1. The van der Waals surface area contributed by atoms with Crippen molar-refractivity contribution in [1.82, 2.24) is 4.98 Å². The molecule has 2 aromatic rings. The molecule has 0 N–H and O–H groups in total. The maximum atomic E-state index is 11.4. The maximum absolute atomic E-state index is 11.4. The monoisotopic (exact) mass is 312 g/mol. The first kappa shape index (κ1) is 14.8. The van der Waals surface area contributed by atoms with E-state index < -0.39 is 10.9 Å². The fourth-order valence-corrected chi connectivity index (χ4v) is 1.58. The fourth-order valence-electron chi connectivity index (χ4n) is 1.42. The van der Waals surface area contributed by atoms with Crippen molar-refractivity contribution in [3.63, 3.8) is 0 Å². The van der Waals surface area contributed by atoms with Crippen LogP contribution in [0.2, 0.25) is 5.02 Å². The summed E-state index contributed by atoms with van der Waals surface area (Å²) in [4.78, 5) is 25.4. The zero-order chi connectivity index (χ0) is 15.4. The predicted octanol–water partition coefficient (Wildman–Crippen LogP) is 3.21. The molecule has 0 atom stereocenters. The van der Waals surface area contributed by atoms with E-state index in [2.05, 4.69) is 4.98 Å². The van der Waals surface area contributed by atoms with E-state index in [-0.39, 0.29) is 34.8 Å². The maximum Gasteiger partial charge on any atom is 0.400 e. The molecule has 1 aromatic carbocycles. The topological polar surface area (TPSA) is 105 Å². The number of rotatable bonds is 5. The van der Waals surface area contributed by atoms with Crippen LogP contribution in [0.1, 0.15) is 17.4 Å². The van der Waals surface area contributed by atoms with Gasteiger partial charge in [-0.25, -0.2) is 4.79 Å². The molecule has 0 amide bonds. The van der Waals surface area contributed by atoms with Crippen LogP contribution >= 0.6 is 11.6 Å². The molecule has 0 saturated carbocycles. The smallest absolute Gasteiger partial charge is 0.400 e. The Hall–Kier alpha value is -2.61. The van der Waals surface area contributed by atoms with Gasteiger partial charge in [0.15, 0.2) is 5.69 Å². The Bertz CT molecular complexity index is 684. The molecule has 110 valence electrons. The largest absolute Gasteiger partial charge is 0.461 e. The molecule has 0 spiro atoms. The lowest BCUT2D eigenvalue weighted by atomic mass is 10.3. The second kappa shape index (κ2) is 6.23. The SMILES string of the molecule is CCOC(=O)c1coc(Oc2cc(Cl)ccc2[N+](=O)[O-])n1. The summed E-state index contributed by atoms with van der Waals surface area (Å²) in [5.41, 5.74) is -0.410. The van der Waals surface area contributed by atoms with Gasteiger partial charge in [0.05, 0.1) is 11.5 Å². The average molecular weight is 313 g/mol. The number of halogens is 1. The molecule has 21 heavy (non-hydrogen) atoms. The predicted molar refractivity (Wildman–Crippen MR) is 70.6 cm³/mol. The summed E-state index contributed by atoms with van der Waals surface area (Å²) in [5.74, 6) is -0.832. The van der Waals surface area contributed by atoms with Crippen LogP contribution in [-0.2, 0) is 4.74 Å². The zero-order valence-corrected chi connectivity index (χ0v) is 11.5. The molecule has 0 unspecified atom stereocenters. The molecule has 8 nitrogen and oxygen atoms in total. The third-order valence-electron chi connectivity index (χ3n) is 2.28. The molecule has 1 aromatic heterocycles. The Kier molecular flexibility index (Phi) is 4.39. The van der Waals surface area contributed by atoms with Crippen LogP contribution in [0.4, 0.5) is 5.69 Å². The Morgan fingerprint density at radius 2 is 2.29 bits per heavy atom. The van der Waals surface area contributed by atoms with Gasteiger partial charge in [-0.15, -0.1) is 0 Å². The van der Waals surface area contributed by atoms with Crippen LogP contribution in [0.15, 0.2) is 28.9 Å². The van der Waals surface area contributed by atoms with Gasteiger partial charge in [0.25, 0.3) is 0 Å². The number of benzene rings is 1. The van der Waals surface area contributed by atoms with E-state index in [1.807, 2.05) is 0 Å². The summed E-state index contributed by atoms with van der Waals surface area (Å²) in [6.07, 6.45) is 0.701. The third-order valence-corrected chi connectivity index (χ3v) is 2.52. The van der Waals surface area contributed by atoms with Crippen molar-refractivity contribution in [3.8, 4) is 11.8 Å². The van der Waals surface area contributed by atoms with Crippen molar-refractivity contribution < 1.29 is 23.6 Å². The van der Waals surface area contributed by atoms with Crippen molar-refractivity contribution in [3.05, 3.63) is 45.3 Å². The van der Waals surface area contributed by atoms with E-state index in [1.54, 1.807) is 6.92 Å². The Balaban J connectivity index is 2.24. The van der Waals surface area contributed by atoms with E-state index in [1.165, 1.54) is 18.2 Å². The molecular weight excluding hydrogens is 304 g/mol. The number of hydrogen-bond acceptors (Lipinski definition) is 7. The molecule has 9 heteroatoms. The molecule has 0 bridgehead atoms. The highest BCUT2D eigenvalue weighted by Crippen LogP contribution is 2.33. The van der Waals surface area contributed by atoms with Gasteiger partial charge in [-0.2, -0.15) is 4.98 Å². The number of nitro benzene ring substituents is 1. The summed E-state index contributed by atoms with van der Waals surface area (Å²) in [7, 11) is 0. The van der Waals surface area contributed by atoms with Gasteiger partial charge in [0.2, 0.25) is 5.75 Å². The van der Waals surface area contributed by atoms with Gasteiger partial charge < -0.3 is 13.9 Å². The number of hydrogen-bond donors (Lipinski definition) is 0. The molecule has 1 heterocycles. The molecule has 2 rings (SSSR count). The Labute approximate surface area is 123 Å². The third kappa shape index (κ3) is 3.48. The highest BCUT2D eigenvalue weighted by Gasteiger charge is 2.20. The van der Waals surface area contributed by atoms with E-state index >= 15 is 0 Å². The van der Waals surface area contributed by atoms with E-state index in [4.69, 9.17) is 25.5 Å². The first-order valence-electron chi connectivity index (χ1n) is 5.75. The van der Waals surface area contributed by atoms with E-state index in [0.29, 0.717) is 0 Å². The van der Waals surface area contributed by atoms with Crippen LogP contribution in [0.25, 0.3) is 0 Å². The molecule has 0 radical (unpaired) electrons. The van der Waals surface area contributed by atoms with Crippen LogP contribution < -0.4 is 4.74 Å². The molecule has 0 aliphatic rings. The van der Waals surface area contributed by atoms with Gasteiger partial charge in [-0.3, -0.25) is 10.1 Å². The van der Waals surface area contributed by atoms with Crippen molar-refractivity contribution in [1.29, 1.82) is 0 Å². The van der Waals surface area contributed by atoms with E-state index in [0.717, 1.165) is 6.26 Å². The molecule has 0 saturated heterocycles. The van der Waals surface area contributed by atoms with Crippen LogP contribution in [0.5, 0.6) is 11.8 Å². The van der Waals surface area contributed by atoms with Crippen molar-refractivity contribution in [2.24, 2.45) is 0 Å². The molecule has 0 fully saturated rings. The summed E-state index contributed by atoms with van der Waals surface area (Å²) in [6.45, 7) is 1.83. The van der Waals surface area contributed by atoms with Crippen LogP contribution in [0, 0.1) is 10.1 Å². The highest BCUT2D eigenvalue weighted by molar-refractivity contribution is 6.30. The van der Waals surface area contributed by atoms with Gasteiger partial charge in [-0.05, 0) is 13.0 Å². The van der Waals surface area contributed by atoms with Crippen molar-refractivity contribution >= 4 is 23.3 Å². The lowest BCUT2D eigenvalue weighted by molar-refractivity contribution is -0.385. The molecule has 0 aliphatic carbocycles. The van der Waals surface area contributed by atoms with Crippen LogP contribution in [-0.4, -0.2) is 22.5 Å². The van der Waals surface area contributed by atoms with Gasteiger partial charge in [0, 0.05) is 17.2 Å². The highest BCUT2D eigenvalue weighted by atomic mass is 35.5. The minimum absolute atomic E-state index is 0.100. The zero-order valence-electron chi connectivity index (χ0n) is 10.7. The summed E-state index contributed by atoms with van der Waals surface area (Å²) >= 11 is 5.76. The van der Waals surface area contributed by atoms with Crippen molar-refractivity contribution in [2.45, 2.75) is 6.92 Å². The summed E-state index contributed by atoms with van der Waals surface area (Å²) in [5, 5.41) is 11.1. The average Bonchev–Trinajstić information content (AvgIpc) is 2.87. The Morgan fingerprint density at radius 3 is 2.95 bits per heavy atom. The number of esters is 1. The quantitative estimate of drug-likeness (QED) is 0.474. The normalized spacial score (nSPS) is 10.2. The Morgan fingerprint density at radius 1 is 1.52 bits per heavy atom. The number of oxazole rings is 1. The summed E-state index contributed by atoms with van der Waals surface area (Å²) in [6, 6.07) is 3.78. The van der Waals surface area contributed by atoms with E-state index in [9.17, 15) is 14.9 Å². The van der Waals surface area contributed by atoms with Gasteiger partial charge >= 0.3 is 17.7 Å². The lowest BCUT2D eigenvalue weighted by Gasteiger charge is -2.02. The van der Waals surface area contributed by atoms with Gasteiger partial charge in [-0.1, -0.05) is 11.6 Å². The molecular formula is C12H9ClN2O6. The summed E-state index contributed by atoms with van der Waals surface area (Å²) < 4.78 is 14.8. The number of aromatic nitrogens is 1. The second-order valence-electron chi connectivity index (χ2n) is 3.69. The minimum atomic E-state index is -0.684. The number of nitrogens with zero attached hydrogens (tertiary/aromatic N) is 2. The fraction of sp³-hybridized carbons (Fsp3) is 0.167. The first-order valence-corrected chi connectivity index (χ1v) is 6.13. The minimum Gasteiger partial charge on any atom is -0.461 e. The molecule has 0 aliphatic heterocycles. The second-order valence-corrected chi connectivity index (χ2v) is 4.13.